The summed E-state index contributed by atoms with van der Waals surface area (Å²) in [5.74, 6) is -0.645. The molecule has 1 aromatic carbocycles. The number of carbonyl (C=O) groups is 1. The number of aryl methyl sites for hydroxylation is 1. The molecule has 1 aliphatic rings. The molecular formula is C14H19NO2. The quantitative estimate of drug-likeness (QED) is 0.848. The summed E-state index contributed by atoms with van der Waals surface area (Å²) in [5, 5.41) is 9.14. The van der Waals surface area contributed by atoms with Gasteiger partial charge in [-0.2, -0.15) is 0 Å². The van der Waals surface area contributed by atoms with Gasteiger partial charge in [-0.3, -0.25) is 4.79 Å². The van der Waals surface area contributed by atoms with Crippen LogP contribution in [0.3, 0.4) is 0 Å². The molecule has 0 unspecified atom stereocenters. The van der Waals surface area contributed by atoms with Crippen LogP contribution in [0.1, 0.15) is 24.0 Å². The topological polar surface area (TPSA) is 40.5 Å². The van der Waals surface area contributed by atoms with E-state index in [4.69, 9.17) is 5.11 Å². The number of carboxylic acids is 1. The summed E-state index contributed by atoms with van der Waals surface area (Å²) in [5.41, 5.74) is 2.03. The van der Waals surface area contributed by atoms with E-state index in [0.717, 1.165) is 19.4 Å². The molecule has 3 nitrogen and oxygen atoms in total. The highest BCUT2D eigenvalue weighted by molar-refractivity contribution is 5.78. The fraction of sp³-hybridized carbons (Fsp3) is 0.500. The molecule has 0 amide bonds. The summed E-state index contributed by atoms with van der Waals surface area (Å²) >= 11 is 0. The van der Waals surface area contributed by atoms with E-state index in [2.05, 4.69) is 30.0 Å². The van der Waals surface area contributed by atoms with Gasteiger partial charge in [0.25, 0.3) is 0 Å². The maximum atomic E-state index is 11.1. The van der Waals surface area contributed by atoms with Crippen molar-refractivity contribution < 1.29 is 9.90 Å². The average molecular weight is 233 g/mol. The molecule has 0 spiro atoms. The Bertz CT molecular complexity index is 424. The lowest BCUT2D eigenvalue weighted by atomic mass is 10.1. The molecular weight excluding hydrogens is 214 g/mol. The van der Waals surface area contributed by atoms with E-state index in [9.17, 15) is 4.79 Å². The molecule has 1 N–H and O–H groups in total. The van der Waals surface area contributed by atoms with Crippen LogP contribution in [0, 0.1) is 12.3 Å². The van der Waals surface area contributed by atoms with Crippen molar-refractivity contribution in [3.63, 3.8) is 0 Å². The molecule has 92 valence electrons. The highest BCUT2D eigenvalue weighted by atomic mass is 16.4. The van der Waals surface area contributed by atoms with Crippen molar-refractivity contribution in [2.45, 2.75) is 26.3 Å². The number of benzene rings is 1. The van der Waals surface area contributed by atoms with Crippen molar-refractivity contribution in [2.24, 2.45) is 5.41 Å². The Hall–Kier alpha value is -1.35. The lowest BCUT2D eigenvalue weighted by molar-refractivity contribution is -0.144. The molecule has 3 heteroatoms. The summed E-state index contributed by atoms with van der Waals surface area (Å²) < 4.78 is 0. The largest absolute Gasteiger partial charge is 0.481 e. The third kappa shape index (κ3) is 2.86. The van der Waals surface area contributed by atoms with E-state index < -0.39 is 11.4 Å². The second-order valence-corrected chi connectivity index (χ2v) is 5.25. The summed E-state index contributed by atoms with van der Waals surface area (Å²) in [6.07, 6.45) is 1.64. The molecule has 1 aromatic rings. The first-order valence-electron chi connectivity index (χ1n) is 5.99. The Labute approximate surface area is 102 Å². The van der Waals surface area contributed by atoms with E-state index in [-0.39, 0.29) is 0 Å². The highest BCUT2D eigenvalue weighted by Gasteiger charge is 2.50. The van der Waals surface area contributed by atoms with Gasteiger partial charge in [-0.15, -0.1) is 0 Å². The Kier molecular flexibility index (Phi) is 3.20. The van der Waals surface area contributed by atoms with Crippen LogP contribution < -0.4 is 0 Å². The first-order chi connectivity index (χ1) is 8.02. The van der Waals surface area contributed by atoms with E-state index in [1.54, 1.807) is 0 Å². The molecule has 0 aliphatic heterocycles. The molecule has 1 aliphatic carbocycles. The van der Waals surface area contributed by atoms with Crippen LogP contribution in [0.2, 0.25) is 0 Å². The van der Waals surface area contributed by atoms with Crippen molar-refractivity contribution in [1.82, 2.24) is 4.90 Å². The van der Waals surface area contributed by atoms with Gasteiger partial charge < -0.3 is 10.0 Å². The summed E-state index contributed by atoms with van der Waals surface area (Å²) in [6, 6.07) is 8.35. The maximum absolute atomic E-state index is 11.1. The Morgan fingerprint density at radius 3 is 2.71 bits per heavy atom. The highest BCUT2D eigenvalue weighted by Crippen LogP contribution is 2.46. The molecule has 1 fully saturated rings. The van der Waals surface area contributed by atoms with Gasteiger partial charge in [0.15, 0.2) is 0 Å². The monoisotopic (exact) mass is 233 g/mol. The zero-order chi connectivity index (χ0) is 12.5. The first-order valence-corrected chi connectivity index (χ1v) is 5.99. The average Bonchev–Trinajstić information content (AvgIpc) is 2.98. The molecule has 0 saturated heterocycles. The number of hydrogen-bond acceptors (Lipinski definition) is 2. The third-order valence-corrected chi connectivity index (χ3v) is 3.41. The summed E-state index contributed by atoms with van der Waals surface area (Å²) in [4.78, 5) is 13.2. The minimum Gasteiger partial charge on any atom is -0.481 e. The molecule has 0 radical (unpaired) electrons. The minimum absolute atomic E-state index is 0.460. The Morgan fingerprint density at radius 1 is 1.47 bits per heavy atom. The van der Waals surface area contributed by atoms with Gasteiger partial charge in [0, 0.05) is 13.1 Å². The third-order valence-electron chi connectivity index (χ3n) is 3.41. The smallest absolute Gasteiger partial charge is 0.310 e. The molecule has 0 heterocycles. The zero-order valence-corrected chi connectivity index (χ0v) is 10.4. The fourth-order valence-electron chi connectivity index (χ4n) is 2.29. The maximum Gasteiger partial charge on any atom is 0.310 e. The van der Waals surface area contributed by atoms with E-state index in [0.29, 0.717) is 6.54 Å². The van der Waals surface area contributed by atoms with Crippen LogP contribution in [0.25, 0.3) is 0 Å². The van der Waals surface area contributed by atoms with Crippen LogP contribution in [0.15, 0.2) is 24.3 Å². The molecule has 2 rings (SSSR count). The normalized spacial score (nSPS) is 17.1. The van der Waals surface area contributed by atoms with Crippen molar-refractivity contribution >= 4 is 5.97 Å². The molecule has 17 heavy (non-hydrogen) atoms. The number of carboxylic acid groups (broad SMARTS) is 1. The van der Waals surface area contributed by atoms with Gasteiger partial charge in [0.1, 0.15) is 0 Å². The van der Waals surface area contributed by atoms with Crippen LogP contribution in [-0.2, 0) is 11.3 Å². The van der Waals surface area contributed by atoms with E-state index in [1.807, 2.05) is 13.1 Å². The number of nitrogens with zero attached hydrogens (tertiary/aromatic N) is 1. The van der Waals surface area contributed by atoms with Crippen molar-refractivity contribution in [3.8, 4) is 0 Å². The number of rotatable bonds is 5. The summed E-state index contributed by atoms with van der Waals surface area (Å²) in [7, 11) is 1.99. The SMILES string of the molecule is Cc1cccc(CN(C)CC2(C(=O)O)CC2)c1. The molecule has 0 atom stereocenters. The van der Waals surface area contributed by atoms with Crippen molar-refractivity contribution in [2.75, 3.05) is 13.6 Å². The standard InChI is InChI=1S/C14H19NO2/c1-11-4-3-5-12(8-11)9-15(2)10-14(6-7-14)13(16)17/h3-5,8H,6-7,9-10H2,1-2H3,(H,16,17). The molecule has 0 bridgehead atoms. The minimum atomic E-state index is -0.645. The summed E-state index contributed by atoms with van der Waals surface area (Å²) in [6.45, 7) is 3.54. The van der Waals surface area contributed by atoms with E-state index >= 15 is 0 Å². The fourth-order valence-corrected chi connectivity index (χ4v) is 2.29. The lowest BCUT2D eigenvalue weighted by Gasteiger charge is -2.21. The second-order valence-electron chi connectivity index (χ2n) is 5.25. The predicted molar refractivity (Wildman–Crippen MR) is 66.8 cm³/mol. The van der Waals surface area contributed by atoms with Gasteiger partial charge in [-0.05, 0) is 32.4 Å². The Morgan fingerprint density at radius 2 is 2.18 bits per heavy atom. The number of aliphatic carboxylic acids is 1. The first kappa shape index (κ1) is 12.1. The second kappa shape index (κ2) is 4.49. The predicted octanol–water partition coefficient (Wildman–Crippen LogP) is 2.29. The van der Waals surface area contributed by atoms with Gasteiger partial charge in [-0.1, -0.05) is 29.8 Å². The van der Waals surface area contributed by atoms with Gasteiger partial charge in [0.05, 0.1) is 5.41 Å². The zero-order valence-electron chi connectivity index (χ0n) is 10.4. The van der Waals surface area contributed by atoms with Crippen LogP contribution in [-0.4, -0.2) is 29.6 Å². The van der Waals surface area contributed by atoms with Crippen molar-refractivity contribution in [1.29, 1.82) is 0 Å². The van der Waals surface area contributed by atoms with Gasteiger partial charge in [-0.25, -0.2) is 0 Å². The molecule has 0 aromatic heterocycles. The Balaban J connectivity index is 1.94. The van der Waals surface area contributed by atoms with Crippen molar-refractivity contribution in [3.05, 3.63) is 35.4 Å². The van der Waals surface area contributed by atoms with Crippen LogP contribution in [0.5, 0.6) is 0 Å². The van der Waals surface area contributed by atoms with E-state index in [1.165, 1.54) is 11.1 Å². The van der Waals surface area contributed by atoms with Gasteiger partial charge >= 0.3 is 5.97 Å². The van der Waals surface area contributed by atoms with Crippen LogP contribution >= 0.6 is 0 Å². The number of hydrogen-bond donors (Lipinski definition) is 1. The van der Waals surface area contributed by atoms with Crippen LogP contribution in [0.4, 0.5) is 0 Å². The molecule has 1 saturated carbocycles. The van der Waals surface area contributed by atoms with Gasteiger partial charge in [0.2, 0.25) is 0 Å². The lowest BCUT2D eigenvalue weighted by Crippen LogP contribution is -2.31.